The second kappa shape index (κ2) is 8.85. The summed E-state index contributed by atoms with van der Waals surface area (Å²) >= 11 is 0. The van der Waals surface area contributed by atoms with Crippen molar-refractivity contribution in [3.05, 3.63) is 0 Å². The van der Waals surface area contributed by atoms with Crippen LogP contribution in [-0.4, -0.2) is 51.0 Å². The first-order valence-corrected chi connectivity index (χ1v) is 8.87. The fraction of sp³-hybridized carbons (Fsp3) is 0.941. The van der Waals surface area contributed by atoms with Gasteiger partial charge in [-0.3, -0.25) is 4.79 Å². The Balaban J connectivity index is 1.78. The van der Waals surface area contributed by atoms with Crippen LogP contribution in [0.1, 0.15) is 51.9 Å². The number of hydrogen-bond acceptors (Lipinski definition) is 4. The summed E-state index contributed by atoms with van der Waals surface area (Å²) in [6.45, 7) is 5.16. The number of rotatable bonds is 8. The lowest BCUT2D eigenvalue weighted by Crippen LogP contribution is -2.54. The van der Waals surface area contributed by atoms with Crippen LogP contribution in [0.2, 0.25) is 0 Å². The Hall–Kier alpha value is -0.650. The highest BCUT2D eigenvalue weighted by Gasteiger charge is 2.39. The summed E-state index contributed by atoms with van der Waals surface area (Å²) < 4.78 is 11.5. The first-order chi connectivity index (χ1) is 10.7. The minimum atomic E-state index is -0.639. The maximum absolute atomic E-state index is 12.5. The molecule has 1 aliphatic heterocycles. The van der Waals surface area contributed by atoms with Gasteiger partial charge in [-0.05, 0) is 58.0 Å². The normalized spacial score (nSPS) is 23.4. The Morgan fingerprint density at radius 2 is 2.00 bits per heavy atom. The van der Waals surface area contributed by atoms with Gasteiger partial charge in [-0.2, -0.15) is 0 Å². The highest BCUT2D eigenvalue weighted by Crippen LogP contribution is 2.30. The van der Waals surface area contributed by atoms with E-state index in [1.807, 2.05) is 0 Å². The van der Waals surface area contributed by atoms with Gasteiger partial charge in [0.2, 0.25) is 0 Å². The SMILES string of the molecule is CCOC(CCNC(=O)C1(OC)CCNCC1)C1CCCC1. The van der Waals surface area contributed by atoms with Crippen LogP contribution >= 0.6 is 0 Å². The molecule has 2 rings (SSSR count). The van der Waals surface area contributed by atoms with E-state index in [4.69, 9.17) is 9.47 Å². The molecular formula is C17H32N2O3. The lowest BCUT2D eigenvalue weighted by molar-refractivity contribution is -0.146. The number of piperidine rings is 1. The van der Waals surface area contributed by atoms with Gasteiger partial charge in [0, 0.05) is 20.3 Å². The average Bonchev–Trinajstić information content (AvgIpc) is 3.09. The molecule has 22 heavy (non-hydrogen) atoms. The first kappa shape index (κ1) is 17.7. The standard InChI is InChI=1S/C17H32N2O3/c1-3-22-15(14-6-4-5-7-14)8-11-19-16(20)17(21-2)9-12-18-13-10-17/h14-15,18H,3-13H2,1-2H3,(H,19,20). The monoisotopic (exact) mass is 312 g/mol. The van der Waals surface area contributed by atoms with Crippen LogP contribution in [0.4, 0.5) is 0 Å². The van der Waals surface area contributed by atoms with Crippen LogP contribution < -0.4 is 10.6 Å². The Morgan fingerprint density at radius 1 is 1.32 bits per heavy atom. The van der Waals surface area contributed by atoms with Gasteiger partial charge in [-0.1, -0.05) is 12.8 Å². The number of nitrogens with one attached hydrogen (secondary N) is 2. The minimum Gasteiger partial charge on any atom is -0.378 e. The summed E-state index contributed by atoms with van der Waals surface area (Å²) in [6, 6.07) is 0. The van der Waals surface area contributed by atoms with E-state index < -0.39 is 5.60 Å². The molecule has 5 nitrogen and oxygen atoms in total. The topological polar surface area (TPSA) is 59.6 Å². The number of hydrogen-bond donors (Lipinski definition) is 2. The van der Waals surface area contributed by atoms with E-state index in [2.05, 4.69) is 17.6 Å². The zero-order valence-electron chi connectivity index (χ0n) is 14.2. The van der Waals surface area contributed by atoms with Gasteiger partial charge in [0.1, 0.15) is 5.60 Å². The van der Waals surface area contributed by atoms with E-state index in [1.54, 1.807) is 7.11 Å². The van der Waals surface area contributed by atoms with E-state index in [9.17, 15) is 4.79 Å². The molecule has 1 saturated heterocycles. The predicted octanol–water partition coefficient (Wildman–Crippen LogP) is 1.86. The number of amides is 1. The second-order valence-corrected chi connectivity index (χ2v) is 6.53. The van der Waals surface area contributed by atoms with Crippen molar-refractivity contribution in [3.8, 4) is 0 Å². The smallest absolute Gasteiger partial charge is 0.252 e. The summed E-state index contributed by atoms with van der Waals surface area (Å²) in [4.78, 5) is 12.5. The van der Waals surface area contributed by atoms with E-state index in [0.717, 1.165) is 39.0 Å². The molecule has 2 fully saturated rings. The third kappa shape index (κ3) is 4.43. The third-order valence-corrected chi connectivity index (χ3v) is 5.24. The molecule has 1 saturated carbocycles. The van der Waals surface area contributed by atoms with Gasteiger partial charge in [0.05, 0.1) is 6.10 Å². The Labute approximate surface area is 134 Å². The van der Waals surface area contributed by atoms with Crippen molar-refractivity contribution in [1.29, 1.82) is 0 Å². The second-order valence-electron chi connectivity index (χ2n) is 6.53. The summed E-state index contributed by atoms with van der Waals surface area (Å²) in [7, 11) is 1.65. The molecule has 5 heteroatoms. The average molecular weight is 312 g/mol. The molecule has 2 N–H and O–H groups in total. The largest absolute Gasteiger partial charge is 0.378 e. The minimum absolute atomic E-state index is 0.0400. The van der Waals surface area contributed by atoms with Crippen molar-refractivity contribution >= 4 is 5.91 Å². The molecule has 2 aliphatic rings. The predicted molar refractivity (Wildman–Crippen MR) is 86.8 cm³/mol. The zero-order valence-corrected chi connectivity index (χ0v) is 14.2. The van der Waals surface area contributed by atoms with Gasteiger partial charge in [-0.15, -0.1) is 0 Å². The quantitative estimate of drug-likeness (QED) is 0.718. The fourth-order valence-corrected chi connectivity index (χ4v) is 3.84. The lowest BCUT2D eigenvalue weighted by atomic mass is 9.91. The molecule has 0 aromatic carbocycles. The Kier molecular flexibility index (Phi) is 7.12. The molecular weight excluding hydrogens is 280 g/mol. The number of carbonyl (C=O) groups excluding carboxylic acids is 1. The molecule has 0 radical (unpaired) electrons. The van der Waals surface area contributed by atoms with Gasteiger partial charge >= 0.3 is 0 Å². The van der Waals surface area contributed by atoms with Crippen molar-refractivity contribution in [1.82, 2.24) is 10.6 Å². The molecule has 1 unspecified atom stereocenters. The van der Waals surface area contributed by atoms with E-state index in [0.29, 0.717) is 18.6 Å². The number of ether oxygens (including phenoxy) is 2. The number of methoxy groups -OCH3 is 1. The van der Waals surface area contributed by atoms with Crippen LogP contribution in [-0.2, 0) is 14.3 Å². The summed E-state index contributed by atoms with van der Waals surface area (Å²) in [5, 5.41) is 6.36. The molecule has 0 bridgehead atoms. The molecule has 1 amide bonds. The maximum Gasteiger partial charge on any atom is 0.252 e. The zero-order chi connectivity index (χ0) is 15.8. The molecule has 1 heterocycles. The van der Waals surface area contributed by atoms with Gasteiger partial charge < -0.3 is 20.1 Å². The van der Waals surface area contributed by atoms with E-state index >= 15 is 0 Å². The van der Waals surface area contributed by atoms with Gasteiger partial charge in [0.15, 0.2) is 0 Å². The number of carbonyl (C=O) groups is 1. The van der Waals surface area contributed by atoms with Crippen molar-refractivity contribution in [2.45, 2.75) is 63.6 Å². The molecule has 0 aromatic heterocycles. The van der Waals surface area contributed by atoms with Gasteiger partial charge in [0.25, 0.3) is 5.91 Å². The van der Waals surface area contributed by atoms with Crippen molar-refractivity contribution < 1.29 is 14.3 Å². The maximum atomic E-state index is 12.5. The highest BCUT2D eigenvalue weighted by molar-refractivity contribution is 5.85. The first-order valence-electron chi connectivity index (χ1n) is 8.87. The highest BCUT2D eigenvalue weighted by atomic mass is 16.5. The molecule has 128 valence electrons. The van der Waals surface area contributed by atoms with Gasteiger partial charge in [-0.25, -0.2) is 0 Å². The van der Waals surface area contributed by atoms with Crippen LogP contribution in [0.15, 0.2) is 0 Å². The van der Waals surface area contributed by atoms with Crippen molar-refractivity contribution in [3.63, 3.8) is 0 Å². The molecule has 0 aromatic rings. The molecule has 0 spiro atoms. The lowest BCUT2D eigenvalue weighted by Gasteiger charge is -2.35. The van der Waals surface area contributed by atoms with E-state index in [1.165, 1.54) is 25.7 Å². The van der Waals surface area contributed by atoms with Crippen molar-refractivity contribution in [2.24, 2.45) is 5.92 Å². The fourth-order valence-electron chi connectivity index (χ4n) is 3.84. The molecule has 1 aliphatic carbocycles. The van der Waals surface area contributed by atoms with E-state index in [-0.39, 0.29) is 5.91 Å². The Morgan fingerprint density at radius 3 is 2.59 bits per heavy atom. The van der Waals surface area contributed by atoms with Crippen LogP contribution in [0.25, 0.3) is 0 Å². The van der Waals surface area contributed by atoms with Crippen molar-refractivity contribution in [2.75, 3.05) is 33.4 Å². The third-order valence-electron chi connectivity index (χ3n) is 5.24. The van der Waals surface area contributed by atoms with Crippen LogP contribution in [0.3, 0.4) is 0 Å². The van der Waals surface area contributed by atoms with Crippen LogP contribution in [0.5, 0.6) is 0 Å². The summed E-state index contributed by atoms with van der Waals surface area (Å²) in [5.74, 6) is 0.713. The van der Waals surface area contributed by atoms with Crippen LogP contribution in [0, 0.1) is 5.92 Å². The molecule has 1 atom stereocenters. The Bertz CT molecular complexity index is 337. The summed E-state index contributed by atoms with van der Waals surface area (Å²) in [5.41, 5.74) is -0.639. The summed E-state index contributed by atoms with van der Waals surface area (Å²) in [6.07, 6.45) is 7.86.